The van der Waals surface area contributed by atoms with E-state index in [2.05, 4.69) is 41.1 Å². The lowest BCUT2D eigenvalue weighted by atomic mass is 9.99. The summed E-state index contributed by atoms with van der Waals surface area (Å²) in [7, 11) is 0. The fraction of sp³-hybridized carbons (Fsp3) is 0.355. The van der Waals surface area contributed by atoms with E-state index in [0.29, 0.717) is 59.6 Å². The molecule has 3 aliphatic rings. The van der Waals surface area contributed by atoms with Crippen molar-refractivity contribution in [2.75, 3.05) is 29.0 Å². The van der Waals surface area contributed by atoms with Crippen LogP contribution in [0.3, 0.4) is 0 Å². The standard InChI is InChI=1S/C31H29F4N9O2/c32-23-6-3-16(11-25-26-20(2-1-8-36-26)28(45)43-42-25)10-21(23)29(46)44-9-7-24-17(15-44)12-19(13-37-24)40-30-38-14-22(31(33,34)35)27(41-30)39-18-4-5-18/h3,6,10,12-14,18,36H,1-2,4-5,7-9,11,15H2,(H,43,45)(H2,38,39,40,41). The number of nitrogens with zero attached hydrogens (tertiary/aromatic N) is 5. The van der Waals surface area contributed by atoms with Crippen LogP contribution in [-0.2, 0) is 32.0 Å². The number of hydrogen-bond acceptors (Lipinski definition) is 9. The number of benzene rings is 1. The molecule has 0 atom stereocenters. The molecule has 238 valence electrons. The SMILES string of the molecule is O=C(c1cc(Cc2n[nH]c(=O)c3c2NCCC3)ccc1F)N1CCc2ncc(Nc3ncc(C(F)(F)F)c(NC4CC4)n3)cc2C1. The molecule has 11 nitrogen and oxygen atoms in total. The van der Waals surface area contributed by atoms with E-state index in [4.69, 9.17) is 0 Å². The summed E-state index contributed by atoms with van der Waals surface area (Å²) in [6.07, 6.45) is 1.42. The molecule has 1 saturated carbocycles. The lowest BCUT2D eigenvalue weighted by Gasteiger charge is -2.29. The monoisotopic (exact) mass is 635 g/mol. The largest absolute Gasteiger partial charge is 0.421 e. The molecule has 1 aliphatic carbocycles. The number of nitrogens with one attached hydrogen (secondary N) is 4. The summed E-state index contributed by atoms with van der Waals surface area (Å²) in [5.41, 5.74) is 3.26. The molecule has 0 bridgehead atoms. The van der Waals surface area contributed by atoms with Gasteiger partial charge in [-0.25, -0.2) is 14.5 Å². The zero-order valence-electron chi connectivity index (χ0n) is 24.5. The van der Waals surface area contributed by atoms with Crippen LogP contribution in [0.4, 0.5) is 40.7 Å². The van der Waals surface area contributed by atoms with Crippen LogP contribution in [0.5, 0.6) is 0 Å². The summed E-state index contributed by atoms with van der Waals surface area (Å²) in [5, 5.41) is 15.7. The number of carbonyl (C=O) groups excluding carboxylic acids is 1. The molecular formula is C31H29F4N9O2. The first kappa shape index (κ1) is 29.6. The van der Waals surface area contributed by atoms with E-state index in [0.717, 1.165) is 37.7 Å². The average molecular weight is 636 g/mol. The number of alkyl halides is 3. The van der Waals surface area contributed by atoms with Gasteiger partial charge in [-0.05, 0) is 55.0 Å². The molecule has 0 unspecified atom stereocenters. The van der Waals surface area contributed by atoms with Gasteiger partial charge in [-0.3, -0.25) is 14.6 Å². The summed E-state index contributed by atoms with van der Waals surface area (Å²) >= 11 is 0. The molecule has 4 N–H and O–H groups in total. The van der Waals surface area contributed by atoms with E-state index in [-0.39, 0.29) is 35.5 Å². The number of fused-ring (bicyclic) bond motifs is 2. The minimum Gasteiger partial charge on any atom is -0.383 e. The van der Waals surface area contributed by atoms with Crippen molar-refractivity contribution in [1.82, 2.24) is 30.0 Å². The summed E-state index contributed by atoms with van der Waals surface area (Å²) in [6, 6.07) is 6.05. The maximum absolute atomic E-state index is 15.0. The lowest BCUT2D eigenvalue weighted by Crippen LogP contribution is -2.36. The van der Waals surface area contributed by atoms with E-state index in [1.54, 1.807) is 12.1 Å². The number of anilines is 4. The number of aromatic amines is 1. The van der Waals surface area contributed by atoms with Gasteiger partial charge in [0.25, 0.3) is 11.5 Å². The molecule has 46 heavy (non-hydrogen) atoms. The Balaban J connectivity index is 1.08. The minimum atomic E-state index is -4.60. The van der Waals surface area contributed by atoms with Crippen LogP contribution < -0.4 is 21.5 Å². The predicted octanol–water partition coefficient (Wildman–Crippen LogP) is 4.58. The Morgan fingerprint density at radius 3 is 2.76 bits per heavy atom. The smallest absolute Gasteiger partial charge is 0.383 e. The number of hydrogen-bond donors (Lipinski definition) is 4. The molecule has 0 radical (unpaired) electrons. The number of carbonyl (C=O) groups is 1. The van der Waals surface area contributed by atoms with Crippen LogP contribution in [0.25, 0.3) is 0 Å². The Morgan fingerprint density at radius 1 is 1.11 bits per heavy atom. The summed E-state index contributed by atoms with van der Waals surface area (Å²) in [4.78, 5) is 39.7. The van der Waals surface area contributed by atoms with Crippen molar-refractivity contribution in [2.24, 2.45) is 0 Å². The Hall–Kier alpha value is -5.08. The Bertz CT molecular complexity index is 1890. The fourth-order valence-electron chi connectivity index (χ4n) is 5.77. The molecule has 1 amide bonds. The first-order chi connectivity index (χ1) is 22.1. The van der Waals surface area contributed by atoms with E-state index in [1.807, 2.05) is 0 Å². The molecule has 0 spiro atoms. The first-order valence-electron chi connectivity index (χ1n) is 15.0. The first-order valence-corrected chi connectivity index (χ1v) is 15.0. The molecule has 3 aromatic heterocycles. The van der Waals surface area contributed by atoms with Crippen LogP contribution in [0.1, 0.15) is 63.3 Å². The summed E-state index contributed by atoms with van der Waals surface area (Å²) < 4.78 is 55.5. The van der Waals surface area contributed by atoms with Gasteiger partial charge in [0.15, 0.2) is 0 Å². The molecule has 0 saturated heterocycles. The highest BCUT2D eigenvalue weighted by Crippen LogP contribution is 2.36. The van der Waals surface area contributed by atoms with E-state index in [1.165, 1.54) is 23.2 Å². The number of rotatable bonds is 7. The highest BCUT2D eigenvalue weighted by atomic mass is 19.4. The number of H-pyrrole nitrogens is 1. The molecular weight excluding hydrogens is 606 g/mol. The number of halogens is 4. The van der Waals surface area contributed by atoms with Crippen LogP contribution in [0, 0.1) is 5.82 Å². The van der Waals surface area contributed by atoms with Gasteiger partial charge in [-0.2, -0.15) is 23.3 Å². The van der Waals surface area contributed by atoms with Gasteiger partial charge < -0.3 is 20.9 Å². The minimum absolute atomic E-state index is 0.0334. The second-order valence-electron chi connectivity index (χ2n) is 11.7. The van der Waals surface area contributed by atoms with Crippen molar-refractivity contribution < 1.29 is 22.4 Å². The highest BCUT2D eigenvalue weighted by Gasteiger charge is 2.37. The third kappa shape index (κ3) is 6.08. The Labute approximate surface area is 259 Å². The van der Waals surface area contributed by atoms with E-state index < -0.39 is 23.5 Å². The maximum atomic E-state index is 15.0. The zero-order valence-corrected chi connectivity index (χ0v) is 24.5. The van der Waals surface area contributed by atoms with Crippen molar-refractivity contribution in [3.63, 3.8) is 0 Å². The van der Waals surface area contributed by atoms with Gasteiger partial charge in [-0.1, -0.05) is 6.07 Å². The number of pyridine rings is 1. The summed E-state index contributed by atoms with van der Waals surface area (Å²) in [5.74, 6) is -1.46. The van der Waals surface area contributed by atoms with Crippen molar-refractivity contribution in [3.05, 3.63) is 92.0 Å². The van der Waals surface area contributed by atoms with E-state index in [9.17, 15) is 22.8 Å². The summed E-state index contributed by atoms with van der Waals surface area (Å²) in [6.45, 7) is 1.20. The van der Waals surface area contributed by atoms with Gasteiger partial charge in [0.2, 0.25) is 5.95 Å². The van der Waals surface area contributed by atoms with Gasteiger partial charge in [0.1, 0.15) is 17.2 Å². The topological polar surface area (TPSA) is 141 Å². The predicted molar refractivity (Wildman–Crippen MR) is 161 cm³/mol. The van der Waals surface area contributed by atoms with Crippen molar-refractivity contribution in [2.45, 2.75) is 57.3 Å². The molecule has 5 heterocycles. The Morgan fingerprint density at radius 2 is 1.96 bits per heavy atom. The van der Waals surface area contributed by atoms with Crippen LogP contribution in [-0.4, -0.2) is 55.1 Å². The van der Waals surface area contributed by atoms with Gasteiger partial charge in [-0.15, -0.1) is 0 Å². The lowest BCUT2D eigenvalue weighted by molar-refractivity contribution is -0.137. The van der Waals surface area contributed by atoms with Crippen LogP contribution in [0.15, 0.2) is 41.5 Å². The van der Waals surface area contributed by atoms with Crippen LogP contribution >= 0.6 is 0 Å². The van der Waals surface area contributed by atoms with Crippen molar-refractivity contribution in [1.29, 1.82) is 0 Å². The highest BCUT2D eigenvalue weighted by molar-refractivity contribution is 5.95. The molecule has 7 rings (SSSR count). The number of amides is 1. The van der Waals surface area contributed by atoms with Crippen molar-refractivity contribution in [3.8, 4) is 0 Å². The average Bonchev–Trinajstić information content (AvgIpc) is 3.86. The molecule has 4 aromatic rings. The third-order valence-electron chi connectivity index (χ3n) is 8.29. The quantitative estimate of drug-likeness (QED) is 0.215. The Kier molecular flexibility index (Phi) is 7.53. The van der Waals surface area contributed by atoms with Crippen LogP contribution in [0.2, 0.25) is 0 Å². The molecule has 1 fully saturated rings. The normalized spacial score (nSPS) is 15.9. The second-order valence-corrected chi connectivity index (χ2v) is 11.7. The van der Waals surface area contributed by atoms with Gasteiger partial charge >= 0.3 is 6.18 Å². The molecule has 1 aromatic carbocycles. The fourth-order valence-corrected chi connectivity index (χ4v) is 5.77. The molecule has 2 aliphatic heterocycles. The molecule has 15 heteroatoms. The zero-order chi connectivity index (χ0) is 32.0. The van der Waals surface area contributed by atoms with Crippen molar-refractivity contribution >= 4 is 29.0 Å². The maximum Gasteiger partial charge on any atom is 0.421 e. The second kappa shape index (κ2) is 11.7. The number of aromatic nitrogens is 5. The van der Waals surface area contributed by atoms with E-state index >= 15 is 4.39 Å². The third-order valence-corrected chi connectivity index (χ3v) is 8.29. The van der Waals surface area contributed by atoms with Gasteiger partial charge in [0, 0.05) is 56.0 Å². The van der Waals surface area contributed by atoms with Gasteiger partial charge in [0.05, 0.1) is 28.8 Å².